The molecule has 0 aromatic heterocycles. The highest BCUT2D eigenvalue weighted by atomic mass is 16.5. The Morgan fingerprint density at radius 1 is 0.895 bits per heavy atom. The highest BCUT2D eigenvalue weighted by Crippen LogP contribution is 2.20. The quantitative estimate of drug-likeness (QED) is 0.759. The molecule has 0 unspecified atom stereocenters. The molecule has 0 radical (unpaired) electrons. The van der Waals surface area contributed by atoms with Crippen molar-refractivity contribution >= 4 is 5.69 Å². The number of hydrogen-bond donors (Lipinski definition) is 0. The molecule has 4 nitrogen and oxygen atoms in total. The molecule has 0 fully saturated rings. The molecule has 0 N–H and O–H groups in total. The summed E-state index contributed by atoms with van der Waals surface area (Å²) in [4.78, 5) is 0. The van der Waals surface area contributed by atoms with Crippen molar-refractivity contribution in [3.05, 3.63) is 54.1 Å². The second kappa shape index (κ2) is 6.54. The highest BCUT2D eigenvalue weighted by molar-refractivity contribution is 5.42. The first-order valence-electron chi connectivity index (χ1n) is 5.96. The zero-order chi connectivity index (χ0) is 13.5. The van der Waals surface area contributed by atoms with E-state index in [1.165, 1.54) is 0 Å². The predicted molar refractivity (Wildman–Crippen MR) is 74.2 cm³/mol. The number of methoxy groups -OCH3 is 2. The van der Waals surface area contributed by atoms with Gasteiger partial charge in [-0.2, -0.15) is 10.2 Å². The number of hydrogen-bond acceptors (Lipinski definition) is 4. The van der Waals surface area contributed by atoms with Gasteiger partial charge in [-0.15, -0.1) is 0 Å². The van der Waals surface area contributed by atoms with E-state index in [0.717, 1.165) is 22.7 Å². The molecule has 0 saturated heterocycles. The lowest BCUT2D eigenvalue weighted by atomic mass is 10.2. The van der Waals surface area contributed by atoms with Crippen molar-refractivity contribution < 1.29 is 9.47 Å². The Labute approximate surface area is 112 Å². The van der Waals surface area contributed by atoms with Gasteiger partial charge in [-0.25, -0.2) is 0 Å². The zero-order valence-electron chi connectivity index (χ0n) is 11.0. The molecule has 0 spiro atoms. The van der Waals surface area contributed by atoms with Crippen LogP contribution >= 0.6 is 0 Å². The van der Waals surface area contributed by atoms with Gasteiger partial charge in [-0.1, -0.05) is 18.2 Å². The van der Waals surface area contributed by atoms with Crippen LogP contribution in [-0.2, 0) is 6.54 Å². The number of ether oxygens (including phenoxy) is 2. The summed E-state index contributed by atoms with van der Waals surface area (Å²) in [5, 5.41) is 8.35. The fraction of sp³-hybridized carbons (Fsp3) is 0.200. The third kappa shape index (κ3) is 3.81. The molecule has 2 aromatic carbocycles. The molecule has 19 heavy (non-hydrogen) atoms. The molecule has 2 aromatic rings. The van der Waals surface area contributed by atoms with Crippen molar-refractivity contribution in [2.45, 2.75) is 6.54 Å². The third-order valence-electron chi connectivity index (χ3n) is 2.63. The molecule has 0 aliphatic carbocycles. The van der Waals surface area contributed by atoms with Crippen LogP contribution < -0.4 is 9.47 Å². The molecular formula is C15H16N2O2. The Morgan fingerprint density at radius 2 is 1.58 bits per heavy atom. The van der Waals surface area contributed by atoms with Crippen LogP contribution in [0.1, 0.15) is 5.56 Å². The van der Waals surface area contributed by atoms with Gasteiger partial charge in [-0.3, -0.25) is 0 Å². The second-order valence-corrected chi connectivity index (χ2v) is 3.95. The second-order valence-electron chi connectivity index (χ2n) is 3.95. The minimum atomic E-state index is 0.522. The summed E-state index contributed by atoms with van der Waals surface area (Å²) >= 11 is 0. The first kappa shape index (κ1) is 13.1. The monoisotopic (exact) mass is 256 g/mol. The number of rotatable bonds is 5. The zero-order valence-corrected chi connectivity index (χ0v) is 11.0. The summed E-state index contributed by atoms with van der Waals surface area (Å²) < 4.78 is 10.3. The van der Waals surface area contributed by atoms with E-state index < -0.39 is 0 Å². The normalized spacial score (nSPS) is 10.6. The van der Waals surface area contributed by atoms with E-state index in [4.69, 9.17) is 9.47 Å². The maximum Gasteiger partial charge on any atom is 0.121 e. The number of nitrogens with zero attached hydrogens (tertiary/aromatic N) is 2. The topological polar surface area (TPSA) is 43.2 Å². The maximum atomic E-state index is 5.16. The summed E-state index contributed by atoms with van der Waals surface area (Å²) in [5.74, 6) is 1.60. The lowest BCUT2D eigenvalue weighted by Gasteiger charge is -2.01. The molecular weight excluding hydrogens is 240 g/mol. The van der Waals surface area contributed by atoms with Crippen molar-refractivity contribution in [1.29, 1.82) is 0 Å². The maximum absolute atomic E-state index is 5.16. The lowest BCUT2D eigenvalue weighted by Crippen LogP contribution is -1.85. The van der Waals surface area contributed by atoms with E-state index in [2.05, 4.69) is 10.2 Å². The van der Waals surface area contributed by atoms with Gasteiger partial charge in [-0.05, 0) is 29.8 Å². The van der Waals surface area contributed by atoms with E-state index in [1.54, 1.807) is 14.2 Å². The van der Waals surface area contributed by atoms with Crippen molar-refractivity contribution in [3.8, 4) is 11.5 Å². The van der Waals surface area contributed by atoms with Gasteiger partial charge in [0.2, 0.25) is 0 Å². The van der Waals surface area contributed by atoms with E-state index in [0.29, 0.717) is 6.54 Å². The SMILES string of the molecule is COc1cccc(CN=Nc2cccc(OC)c2)c1. The van der Waals surface area contributed by atoms with E-state index in [9.17, 15) is 0 Å². The summed E-state index contributed by atoms with van der Waals surface area (Å²) in [7, 11) is 3.28. The van der Waals surface area contributed by atoms with Crippen molar-refractivity contribution in [3.63, 3.8) is 0 Å². The Balaban J connectivity index is 2.02. The molecule has 0 aliphatic rings. The average Bonchev–Trinajstić information content (AvgIpc) is 2.48. The summed E-state index contributed by atoms with van der Waals surface area (Å²) in [6.07, 6.45) is 0. The molecule has 98 valence electrons. The van der Waals surface area contributed by atoms with Crippen LogP contribution in [0.25, 0.3) is 0 Å². The van der Waals surface area contributed by atoms with Gasteiger partial charge in [0.15, 0.2) is 0 Å². The van der Waals surface area contributed by atoms with Crippen LogP contribution in [0.4, 0.5) is 5.69 Å². The molecule has 2 rings (SSSR count). The highest BCUT2D eigenvalue weighted by Gasteiger charge is 1.96. The number of benzene rings is 2. The molecule has 0 aliphatic heterocycles. The molecule has 0 amide bonds. The van der Waals surface area contributed by atoms with Gasteiger partial charge >= 0.3 is 0 Å². The van der Waals surface area contributed by atoms with Crippen LogP contribution in [-0.4, -0.2) is 14.2 Å². The van der Waals surface area contributed by atoms with Crippen LogP contribution in [0.5, 0.6) is 11.5 Å². The minimum absolute atomic E-state index is 0.522. The van der Waals surface area contributed by atoms with E-state index >= 15 is 0 Å². The fourth-order valence-electron chi connectivity index (χ4n) is 1.64. The van der Waals surface area contributed by atoms with Gasteiger partial charge in [0, 0.05) is 6.07 Å². The van der Waals surface area contributed by atoms with Crippen molar-refractivity contribution in [2.24, 2.45) is 10.2 Å². The first-order valence-corrected chi connectivity index (χ1v) is 5.96. The molecule has 0 heterocycles. The van der Waals surface area contributed by atoms with Crippen LogP contribution in [0.3, 0.4) is 0 Å². The third-order valence-corrected chi connectivity index (χ3v) is 2.63. The smallest absolute Gasteiger partial charge is 0.121 e. The predicted octanol–water partition coefficient (Wildman–Crippen LogP) is 3.99. The van der Waals surface area contributed by atoms with Gasteiger partial charge < -0.3 is 9.47 Å². The summed E-state index contributed by atoms with van der Waals surface area (Å²) in [5.41, 5.74) is 1.84. The van der Waals surface area contributed by atoms with Crippen LogP contribution in [0.15, 0.2) is 58.8 Å². The molecule has 4 heteroatoms. The van der Waals surface area contributed by atoms with Crippen molar-refractivity contribution in [1.82, 2.24) is 0 Å². The summed E-state index contributed by atoms with van der Waals surface area (Å²) in [6, 6.07) is 15.3. The Morgan fingerprint density at radius 3 is 2.32 bits per heavy atom. The van der Waals surface area contributed by atoms with Crippen molar-refractivity contribution in [2.75, 3.05) is 14.2 Å². The Kier molecular flexibility index (Phi) is 4.50. The number of azo groups is 1. The lowest BCUT2D eigenvalue weighted by molar-refractivity contribution is 0.414. The molecule has 0 atom stereocenters. The van der Waals surface area contributed by atoms with E-state index in [-0.39, 0.29) is 0 Å². The van der Waals surface area contributed by atoms with Gasteiger partial charge in [0.25, 0.3) is 0 Å². The van der Waals surface area contributed by atoms with Gasteiger partial charge in [0.1, 0.15) is 11.5 Å². The largest absolute Gasteiger partial charge is 0.497 e. The molecule has 0 bridgehead atoms. The average molecular weight is 256 g/mol. The standard InChI is InChI=1S/C15H16N2O2/c1-18-14-7-3-5-12(9-14)11-16-17-13-6-4-8-15(10-13)19-2/h3-10H,11H2,1-2H3. The van der Waals surface area contributed by atoms with Gasteiger partial charge in [0.05, 0.1) is 26.5 Å². The van der Waals surface area contributed by atoms with Crippen LogP contribution in [0, 0.1) is 0 Å². The first-order chi connectivity index (χ1) is 9.31. The van der Waals surface area contributed by atoms with E-state index in [1.807, 2.05) is 48.5 Å². The van der Waals surface area contributed by atoms with Crippen LogP contribution in [0.2, 0.25) is 0 Å². The molecule has 0 saturated carbocycles. The Bertz CT molecular complexity index is 568. The summed E-state index contributed by atoms with van der Waals surface area (Å²) in [6.45, 7) is 0.522. The fourth-order valence-corrected chi connectivity index (χ4v) is 1.64. The minimum Gasteiger partial charge on any atom is -0.497 e. The Hall–Kier alpha value is -2.36.